The maximum atomic E-state index is 12.7. The second kappa shape index (κ2) is 42.8. The lowest BCUT2D eigenvalue weighted by Crippen LogP contribution is -2.29. The van der Waals surface area contributed by atoms with Crippen LogP contribution in [0.3, 0.4) is 0 Å². The first-order chi connectivity index (χ1) is 31.2. The molecular formula is C49H86O14P2. The quantitative estimate of drug-likeness (QED) is 0.0126. The predicted octanol–water partition coefficient (Wildman–Crippen LogP) is 11.8. The minimum atomic E-state index is -4.88. The molecule has 376 valence electrons. The highest BCUT2D eigenvalue weighted by molar-refractivity contribution is 7.47. The monoisotopic (exact) mass is 961 g/mol. The summed E-state index contributed by atoms with van der Waals surface area (Å²) in [5, 5.41) is 19.8. The Labute approximate surface area is 391 Å². The van der Waals surface area contributed by atoms with E-state index >= 15 is 0 Å². The summed E-state index contributed by atoms with van der Waals surface area (Å²) in [6.45, 7) is 3.86. The zero-order valence-corrected chi connectivity index (χ0v) is 41.6. The number of aliphatic hydroxyl groups excluding tert-OH is 2. The fourth-order valence-electron chi connectivity index (χ4n) is 6.20. The van der Waals surface area contributed by atoms with Gasteiger partial charge in [0.25, 0.3) is 0 Å². The van der Waals surface area contributed by atoms with Crippen LogP contribution in [-0.4, -0.2) is 81.6 Å². The van der Waals surface area contributed by atoms with Crippen LogP contribution in [0.2, 0.25) is 0 Å². The maximum Gasteiger partial charge on any atom is 0.472 e. The molecule has 5 N–H and O–H groups in total. The van der Waals surface area contributed by atoms with Crippen molar-refractivity contribution < 1.29 is 66.7 Å². The number of ether oxygens (including phenoxy) is 2. The molecule has 5 atom stereocenters. The molecule has 0 bridgehead atoms. The molecule has 14 nitrogen and oxygen atoms in total. The first kappa shape index (κ1) is 62.5. The summed E-state index contributed by atoms with van der Waals surface area (Å²) in [6, 6.07) is 0. The summed E-state index contributed by atoms with van der Waals surface area (Å²) >= 11 is 0. The van der Waals surface area contributed by atoms with Gasteiger partial charge in [0, 0.05) is 12.8 Å². The molecule has 0 aliphatic rings. The minimum Gasteiger partial charge on any atom is -0.462 e. The van der Waals surface area contributed by atoms with E-state index in [2.05, 4.69) is 42.0 Å². The summed E-state index contributed by atoms with van der Waals surface area (Å²) in [7, 11) is -9.73. The van der Waals surface area contributed by atoms with Gasteiger partial charge in [-0.15, -0.1) is 0 Å². The lowest BCUT2D eigenvalue weighted by molar-refractivity contribution is -0.161. The van der Waals surface area contributed by atoms with Gasteiger partial charge < -0.3 is 34.4 Å². The van der Waals surface area contributed by atoms with E-state index in [1.807, 2.05) is 54.7 Å². The van der Waals surface area contributed by atoms with Gasteiger partial charge >= 0.3 is 27.6 Å². The van der Waals surface area contributed by atoms with E-state index in [0.29, 0.717) is 25.7 Å². The largest absolute Gasteiger partial charge is 0.472 e. The van der Waals surface area contributed by atoms with Crippen LogP contribution >= 0.6 is 15.6 Å². The topological polar surface area (TPSA) is 216 Å². The molecule has 0 saturated carbocycles. The van der Waals surface area contributed by atoms with Crippen LogP contribution in [0, 0.1) is 5.92 Å². The van der Waals surface area contributed by atoms with Crippen molar-refractivity contribution in [2.75, 3.05) is 26.4 Å². The molecule has 3 unspecified atom stereocenters. The lowest BCUT2D eigenvalue weighted by atomic mass is 9.99. The Kier molecular flexibility index (Phi) is 41.2. The molecule has 16 heteroatoms. The SMILES string of the molecule is CC/C=C\C/C=C\CC(O)/C=C/C=C\C/C=C\C/C=C\CCC(=O)O[C@H](COC(=O)CCCCCCCCCCCCCCCCC(C)CC)COP(=O)(O)OC[C@@H](O)COP(=O)(O)O. The van der Waals surface area contributed by atoms with E-state index in [0.717, 1.165) is 44.4 Å². The molecule has 65 heavy (non-hydrogen) atoms. The predicted molar refractivity (Wildman–Crippen MR) is 259 cm³/mol. The number of unbranched alkanes of at least 4 members (excludes halogenated alkanes) is 13. The van der Waals surface area contributed by atoms with Gasteiger partial charge in [-0.25, -0.2) is 9.13 Å². The van der Waals surface area contributed by atoms with Crippen LogP contribution in [0.15, 0.2) is 72.9 Å². The Morgan fingerprint density at radius 1 is 0.569 bits per heavy atom. The lowest BCUT2D eigenvalue weighted by Gasteiger charge is -2.20. The molecule has 0 aromatic rings. The number of carbonyl (C=O) groups excluding carboxylic acids is 2. The van der Waals surface area contributed by atoms with E-state index in [1.165, 1.54) is 77.0 Å². The summed E-state index contributed by atoms with van der Waals surface area (Å²) in [4.78, 5) is 52.8. The zero-order valence-electron chi connectivity index (χ0n) is 39.8. The summed E-state index contributed by atoms with van der Waals surface area (Å²) in [5.74, 6) is -0.303. The van der Waals surface area contributed by atoms with Gasteiger partial charge in [0.2, 0.25) is 0 Å². The van der Waals surface area contributed by atoms with E-state index in [1.54, 1.807) is 6.08 Å². The summed E-state index contributed by atoms with van der Waals surface area (Å²) < 4.78 is 47.8. The van der Waals surface area contributed by atoms with E-state index in [-0.39, 0.29) is 12.8 Å². The van der Waals surface area contributed by atoms with E-state index in [9.17, 15) is 33.8 Å². The Bertz CT molecular complexity index is 1450. The molecule has 0 amide bonds. The van der Waals surface area contributed by atoms with Gasteiger partial charge in [0.15, 0.2) is 6.10 Å². The highest BCUT2D eigenvalue weighted by atomic mass is 31.2. The van der Waals surface area contributed by atoms with Gasteiger partial charge in [0.05, 0.1) is 25.9 Å². The fraction of sp³-hybridized carbons (Fsp3) is 0.714. The fourth-order valence-corrected chi connectivity index (χ4v) is 7.35. The molecule has 0 aliphatic heterocycles. The number of rotatable bonds is 44. The molecule has 0 aromatic heterocycles. The molecule has 0 aliphatic carbocycles. The smallest absolute Gasteiger partial charge is 0.462 e. The van der Waals surface area contributed by atoms with Crippen LogP contribution in [0.5, 0.6) is 0 Å². The van der Waals surface area contributed by atoms with Gasteiger partial charge in [-0.05, 0) is 50.9 Å². The van der Waals surface area contributed by atoms with Gasteiger partial charge in [-0.1, -0.05) is 190 Å². The van der Waals surface area contributed by atoms with E-state index in [4.69, 9.17) is 23.8 Å². The molecule has 0 saturated heterocycles. The Morgan fingerprint density at radius 2 is 1.09 bits per heavy atom. The Morgan fingerprint density at radius 3 is 1.69 bits per heavy atom. The maximum absolute atomic E-state index is 12.7. The first-order valence-corrected chi connectivity index (χ1v) is 27.2. The average Bonchev–Trinajstić information content (AvgIpc) is 3.26. The molecule has 0 heterocycles. The normalized spacial score (nSPS) is 15.5. The number of phosphoric ester groups is 2. The number of esters is 2. The molecular weight excluding hydrogens is 874 g/mol. The highest BCUT2D eigenvalue weighted by Gasteiger charge is 2.28. The number of aliphatic hydroxyl groups is 2. The van der Waals surface area contributed by atoms with Crippen LogP contribution in [0.25, 0.3) is 0 Å². The third-order valence-electron chi connectivity index (χ3n) is 10.2. The first-order valence-electron chi connectivity index (χ1n) is 24.1. The summed E-state index contributed by atoms with van der Waals surface area (Å²) in [5.41, 5.74) is 0. The second-order valence-corrected chi connectivity index (χ2v) is 19.1. The van der Waals surface area contributed by atoms with Crippen molar-refractivity contribution >= 4 is 27.6 Å². The van der Waals surface area contributed by atoms with Crippen molar-refractivity contribution in [2.45, 2.75) is 193 Å². The van der Waals surface area contributed by atoms with Crippen LogP contribution in [-0.2, 0) is 41.8 Å². The number of phosphoric acid groups is 2. The molecule has 0 aromatic carbocycles. The number of hydrogen-bond acceptors (Lipinski definition) is 11. The third kappa shape index (κ3) is 46.4. The van der Waals surface area contributed by atoms with Crippen LogP contribution in [0.4, 0.5) is 0 Å². The molecule has 0 radical (unpaired) electrons. The number of carbonyl (C=O) groups is 2. The van der Waals surface area contributed by atoms with Gasteiger partial charge in [-0.2, -0.15) is 0 Å². The van der Waals surface area contributed by atoms with Crippen LogP contribution in [0.1, 0.15) is 175 Å². The van der Waals surface area contributed by atoms with Gasteiger partial charge in [-0.3, -0.25) is 23.2 Å². The molecule has 0 spiro atoms. The highest BCUT2D eigenvalue weighted by Crippen LogP contribution is 2.43. The number of allylic oxidation sites excluding steroid dienone is 10. The van der Waals surface area contributed by atoms with Crippen molar-refractivity contribution in [3.05, 3.63) is 72.9 Å². The second-order valence-electron chi connectivity index (χ2n) is 16.5. The molecule has 0 rings (SSSR count). The minimum absolute atomic E-state index is 0.0188. The Balaban J connectivity index is 4.63. The van der Waals surface area contributed by atoms with Gasteiger partial charge in [0.1, 0.15) is 12.7 Å². The average molecular weight is 961 g/mol. The van der Waals surface area contributed by atoms with Crippen molar-refractivity contribution in [3.63, 3.8) is 0 Å². The van der Waals surface area contributed by atoms with E-state index < -0.39 is 72.3 Å². The van der Waals surface area contributed by atoms with Crippen molar-refractivity contribution in [1.29, 1.82) is 0 Å². The Hall–Kier alpha value is -2.48. The summed E-state index contributed by atoms with van der Waals surface area (Å²) in [6.07, 6.45) is 43.6. The standard InChI is InChI=1S/C49H86O14P2/c1-4-6-7-8-26-31-36-45(50)37-32-27-22-18-15-16-20-24-29-34-39-49(53)63-47(43-62-65(57,58)61-41-46(51)40-60-64(54,55)56)42-59-48(52)38-33-28-23-19-14-12-10-9-11-13-17-21-25-30-35-44(3)5-2/h6-7,15-16,22,24,26-27,29,31-32,37,44-47,50-51H,4-5,8-14,17-21,23,25,28,30,33-36,38-43H2,1-3H3,(H,57,58)(H2,54,55,56)/b7-6-,16-15-,27-22-,29-24-,31-26-,37-32+/t44?,45?,46-,47+/m0/s1. The van der Waals surface area contributed by atoms with Crippen molar-refractivity contribution in [1.82, 2.24) is 0 Å². The third-order valence-corrected chi connectivity index (χ3v) is 11.7. The molecule has 0 fully saturated rings. The number of hydrogen-bond donors (Lipinski definition) is 5. The zero-order chi connectivity index (χ0) is 48.3. The van der Waals surface area contributed by atoms with Crippen molar-refractivity contribution in [2.24, 2.45) is 5.92 Å². The van der Waals surface area contributed by atoms with Crippen molar-refractivity contribution in [3.8, 4) is 0 Å². The van der Waals surface area contributed by atoms with Crippen LogP contribution < -0.4 is 0 Å².